The molecule has 0 aliphatic carbocycles. The van der Waals surface area contributed by atoms with Gasteiger partial charge in [0, 0.05) is 6.20 Å². The van der Waals surface area contributed by atoms with E-state index in [9.17, 15) is 4.79 Å². The molecule has 1 rings (SSSR count). The normalized spacial score (nSPS) is 9.58. The van der Waals surface area contributed by atoms with Crippen LogP contribution in [-0.2, 0) is 4.74 Å². The molecular weight excluding hydrogens is 290 g/mol. The molecule has 0 fully saturated rings. The maximum Gasteiger partial charge on any atom is 0.339 e. The van der Waals surface area contributed by atoms with Crippen molar-refractivity contribution in [2.45, 2.75) is 0 Å². The number of ether oxygens (including phenoxy) is 1. The molecular formula is C7H5Br2NO2. The van der Waals surface area contributed by atoms with E-state index < -0.39 is 0 Å². The number of nitrogens with zero attached hydrogens (tertiary/aromatic N) is 1. The van der Waals surface area contributed by atoms with Crippen LogP contribution in [0.15, 0.2) is 21.3 Å². The molecule has 0 amide bonds. The fourth-order valence-corrected chi connectivity index (χ4v) is 1.41. The Morgan fingerprint density at radius 2 is 2.25 bits per heavy atom. The Morgan fingerprint density at radius 1 is 1.58 bits per heavy atom. The summed E-state index contributed by atoms with van der Waals surface area (Å²) in [5.74, 6) is -0.384. The van der Waals surface area contributed by atoms with Crippen LogP contribution in [0.3, 0.4) is 0 Å². The topological polar surface area (TPSA) is 39.2 Å². The van der Waals surface area contributed by atoms with Gasteiger partial charge in [-0.1, -0.05) is 0 Å². The summed E-state index contributed by atoms with van der Waals surface area (Å²) in [6, 6.07) is 1.58. The van der Waals surface area contributed by atoms with Crippen molar-refractivity contribution in [2.24, 2.45) is 0 Å². The van der Waals surface area contributed by atoms with Crippen LogP contribution in [0.5, 0.6) is 0 Å². The first-order valence-corrected chi connectivity index (χ1v) is 4.63. The molecule has 0 radical (unpaired) electrons. The predicted octanol–water partition coefficient (Wildman–Crippen LogP) is 2.39. The first-order chi connectivity index (χ1) is 5.66. The van der Waals surface area contributed by atoms with Crippen LogP contribution >= 0.6 is 31.9 Å². The average molecular weight is 295 g/mol. The van der Waals surface area contributed by atoms with Gasteiger partial charge in [-0.05, 0) is 37.9 Å². The van der Waals surface area contributed by atoms with E-state index in [1.807, 2.05) is 0 Å². The zero-order chi connectivity index (χ0) is 9.14. The molecule has 0 atom stereocenters. The van der Waals surface area contributed by atoms with E-state index in [4.69, 9.17) is 0 Å². The largest absolute Gasteiger partial charge is 0.465 e. The summed E-state index contributed by atoms with van der Waals surface area (Å²) in [6.45, 7) is 0. The maximum atomic E-state index is 11.1. The van der Waals surface area contributed by atoms with Crippen molar-refractivity contribution < 1.29 is 9.53 Å². The van der Waals surface area contributed by atoms with Crippen molar-refractivity contribution in [3.05, 3.63) is 26.9 Å². The molecule has 0 aliphatic rings. The second-order valence-electron chi connectivity index (χ2n) is 1.95. The molecule has 0 aliphatic heterocycles. The maximum absolute atomic E-state index is 11.1. The highest BCUT2D eigenvalue weighted by molar-refractivity contribution is 9.13. The molecule has 5 heteroatoms. The summed E-state index contributed by atoms with van der Waals surface area (Å²) >= 11 is 6.39. The van der Waals surface area contributed by atoms with Gasteiger partial charge in [0.15, 0.2) is 0 Å². The predicted molar refractivity (Wildman–Crippen MR) is 51.0 cm³/mol. The number of methoxy groups -OCH3 is 1. The summed E-state index contributed by atoms with van der Waals surface area (Å²) in [5, 5.41) is 0. The van der Waals surface area contributed by atoms with Crippen molar-refractivity contribution in [1.82, 2.24) is 4.98 Å². The molecule has 3 nitrogen and oxygen atoms in total. The summed E-state index contributed by atoms with van der Waals surface area (Å²) in [5.41, 5.74) is 0.458. The van der Waals surface area contributed by atoms with Gasteiger partial charge in [0.25, 0.3) is 0 Å². The lowest BCUT2D eigenvalue weighted by Gasteiger charge is -2.01. The van der Waals surface area contributed by atoms with Crippen LogP contribution in [-0.4, -0.2) is 18.1 Å². The summed E-state index contributed by atoms with van der Waals surface area (Å²) in [4.78, 5) is 15.0. The Kier molecular flexibility index (Phi) is 3.22. The smallest absolute Gasteiger partial charge is 0.339 e. The van der Waals surface area contributed by atoms with E-state index in [1.165, 1.54) is 13.3 Å². The number of carbonyl (C=O) groups excluding carboxylic acids is 1. The Balaban J connectivity index is 3.16. The molecule has 0 aromatic carbocycles. The lowest BCUT2D eigenvalue weighted by molar-refractivity contribution is 0.0599. The minimum absolute atomic E-state index is 0.384. The number of carbonyl (C=O) groups is 1. The standard InChI is InChI=1S/C7H5Br2NO2/c1-12-7(11)4-2-3-10-6(9)5(4)8/h2-3H,1H3. The molecule has 0 saturated carbocycles. The van der Waals surface area contributed by atoms with Crippen molar-refractivity contribution in [1.29, 1.82) is 0 Å². The summed E-state index contributed by atoms with van der Waals surface area (Å²) in [7, 11) is 1.34. The van der Waals surface area contributed by atoms with Gasteiger partial charge in [-0.2, -0.15) is 0 Å². The Hall–Kier alpha value is -0.420. The monoisotopic (exact) mass is 293 g/mol. The molecule has 1 aromatic rings. The SMILES string of the molecule is COC(=O)c1ccnc(Br)c1Br. The lowest BCUT2D eigenvalue weighted by atomic mass is 10.3. The van der Waals surface area contributed by atoms with Crippen LogP contribution in [0.25, 0.3) is 0 Å². The van der Waals surface area contributed by atoms with Gasteiger partial charge in [-0.15, -0.1) is 0 Å². The summed E-state index contributed by atoms with van der Waals surface area (Å²) < 4.78 is 5.75. The quantitative estimate of drug-likeness (QED) is 0.590. The number of hydrogen-bond donors (Lipinski definition) is 0. The summed E-state index contributed by atoms with van der Waals surface area (Å²) in [6.07, 6.45) is 1.53. The van der Waals surface area contributed by atoms with Crippen molar-refractivity contribution in [3.63, 3.8) is 0 Å². The van der Waals surface area contributed by atoms with Gasteiger partial charge < -0.3 is 4.74 Å². The van der Waals surface area contributed by atoms with E-state index in [1.54, 1.807) is 6.07 Å². The molecule has 12 heavy (non-hydrogen) atoms. The Bertz CT molecular complexity index is 314. The third-order valence-corrected chi connectivity index (χ3v) is 3.19. The number of hydrogen-bond acceptors (Lipinski definition) is 3. The first kappa shape index (κ1) is 9.67. The van der Waals surface area contributed by atoms with Crippen LogP contribution in [0, 0.1) is 0 Å². The van der Waals surface area contributed by atoms with Crippen molar-refractivity contribution in [3.8, 4) is 0 Å². The zero-order valence-corrected chi connectivity index (χ0v) is 9.35. The number of halogens is 2. The molecule has 1 heterocycles. The molecule has 0 saturated heterocycles. The third kappa shape index (κ3) is 1.84. The van der Waals surface area contributed by atoms with E-state index in [-0.39, 0.29) is 5.97 Å². The van der Waals surface area contributed by atoms with Gasteiger partial charge in [0.1, 0.15) is 4.60 Å². The number of aromatic nitrogens is 1. The van der Waals surface area contributed by atoms with Gasteiger partial charge in [0.2, 0.25) is 0 Å². The van der Waals surface area contributed by atoms with E-state index in [2.05, 4.69) is 41.6 Å². The molecule has 64 valence electrons. The first-order valence-electron chi connectivity index (χ1n) is 3.05. The number of esters is 1. The Morgan fingerprint density at radius 3 is 2.83 bits per heavy atom. The highest BCUT2D eigenvalue weighted by Crippen LogP contribution is 2.24. The van der Waals surface area contributed by atoms with Gasteiger partial charge in [-0.25, -0.2) is 9.78 Å². The van der Waals surface area contributed by atoms with Crippen LogP contribution in [0.1, 0.15) is 10.4 Å². The van der Waals surface area contributed by atoms with Crippen molar-refractivity contribution >= 4 is 37.8 Å². The van der Waals surface area contributed by atoms with E-state index in [0.29, 0.717) is 14.6 Å². The van der Waals surface area contributed by atoms with Crippen molar-refractivity contribution in [2.75, 3.05) is 7.11 Å². The average Bonchev–Trinajstić information content (AvgIpc) is 2.08. The molecule has 1 aromatic heterocycles. The highest BCUT2D eigenvalue weighted by Gasteiger charge is 2.12. The van der Waals surface area contributed by atoms with E-state index in [0.717, 1.165) is 0 Å². The van der Waals surface area contributed by atoms with Crippen LogP contribution in [0.2, 0.25) is 0 Å². The second-order valence-corrected chi connectivity index (χ2v) is 3.50. The zero-order valence-electron chi connectivity index (χ0n) is 6.17. The van der Waals surface area contributed by atoms with Gasteiger partial charge in [0.05, 0.1) is 17.1 Å². The number of pyridine rings is 1. The Labute approximate surface area is 86.4 Å². The molecule has 0 bridgehead atoms. The highest BCUT2D eigenvalue weighted by atomic mass is 79.9. The fourth-order valence-electron chi connectivity index (χ4n) is 0.686. The molecule has 0 unspecified atom stereocenters. The lowest BCUT2D eigenvalue weighted by Crippen LogP contribution is -2.02. The fraction of sp³-hybridized carbons (Fsp3) is 0.143. The molecule has 0 spiro atoms. The number of rotatable bonds is 1. The molecule has 0 N–H and O–H groups in total. The third-order valence-electron chi connectivity index (χ3n) is 1.25. The minimum atomic E-state index is -0.384. The van der Waals surface area contributed by atoms with Gasteiger partial charge >= 0.3 is 5.97 Å². The van der Waals surface area contributed by atoms with Crippen LogP contribution in [0.4, 0.5) is 0 Å². The minimum Gasteiger partial charge on any atom is -0.465 e. The van der Waals surface area contributed by atoms with Gasteiger partial charge in [-0.3, -0.25) is 0 Å². The van der Waals surface area contributed by atoms with Crippen LogP contribution < -0.4 is 0 Å². The van der Waals surface area contributed by atoms with E-state index >= 15 is 0 Å². The second kappa shape index (κ2) is 4.00.